The van der Waals surface area contributed by atoms with E-state index in [0.29, 0.717) is 17.0 Å². The van der Waals surface area contributed by atoms with Crippen LogP contribution in [0.1, 0.15) is 43.1 Å². The van der Waals surface area contributed by atoms with Crippen LogP contribution in [0.3, 0.4) is 0 Å². The molecule has 1 atom stereocenters. The summed E-state index contributed by atoms with van der Waals surface area (Å²) >= 11 is 1.32. The van der Waals surface area contributed by atoms with Gasteiger partial charge in [0, 0.05) is 18.3 Å². The molecular formula is C17H19FN4O2S. The summed E-state index contributed by atoms with van der Waals surface area (Å²) < 4.78 is 14.9. The van der Waals surface area contributed by atoms with Crippen molar-refractivity contribution in [3.8, 4) is 10.6 Å². The Bertz CT molecular complexity index is 821. The molecule has 2 aromatic heterocycles. The molecule has 0 aliphatic carbocycles. The van der Waals surface area contributed by atoms with E-state index >= 15 is 0 Å². The third kappa shape index (κ3) is 3.39. The summed E-state index contributed by atoms with van der Waals surface area (Å²) in [7, 11) is 0. The van der Waals surface area contributed by atoms with Crippen LogP contribution in [0.2, 0.25) is 0 Å². The number of carbonyl (C=O) groups excluding carboxylic acids is 2. The number of anilines is 1. The molecule has 0 radical (unpaired) electrons. The second-order valence-electron chi connectivity index (χ2n) is 6.46. The van der Waals surface area contributed by atoms with Crippen molar-refractivity contribution in [2.45, 2.75) is 39.8 Å². The SMILES string of the molecule is CC(=O)C(CC(C)C)Nc1nc(-c2cncs2)c2c(c1F)CNC2=O. The normalized spacial score (nSPS) is 14.4. The molecule has 3 heterocycles. The lowest BCUT2D eigenvalue weighted by Gasteiger charge is -2.20. The predicted molar refractivity (Wildman–Crippen MR) is 94.0 cm³/mol. The Hall–Kier alpha value is -2.35. The van der Waals surface area contributed by atoms with Crippen molar-refractivity contribution in [2.75, 3.05) is 5.32 Å². The Kier molecular flexibility index (Phi) is 4.80. The number of Topliss-reactive ketones (excluding diaryl/α,β-unsaturated/α-hetero) is 1. The molecule has 0 fully saturated rings. The Balaban J connectivity index is 2.07. The third-order valence-electron chi connectivity index (χ3n) is 4.06. The highest BCUT2D eigenvalue weighted by Gasteiger charge is 2.31. The van der Waals surface area contributed by atoms with Crippen LogP contribution in [0.25, 0.3) is 10.6 Å². The summed E-state index contributed by atoms with van der Waals surface area (Å²) in [4.78, 5) is 33.0. The Morgan fingerprint density at radius 3 is 2.84 bits per heavy atom. The molecule has 1 amide bonds. The molecule has 1 aliphatic heterocycles. The van der Waals surface area contributed by atoms with Gasteiger partial charge in [-0.15, -0.1) is 11.3 Å². The second kappa shape index (κ2) is 6.87. The molecule has 3 rings (SSSR count). The van der Waals surface area contributed by atoms with Gasteiger partial charge in [0.15, 0.2) is 17.4 Å². The molecule has 1 unspecified atom stereocenters. The highest BCUT2D eigenvalue weighted by molar-refractivity contribution is 7.13. The molecule has 0 aromatic carbocycles. The van der Waals surface area contributed by atoms with Crippen molar-refractivity contribution in [3.05, 3.63) is 28.7 Å². The van der Waals surface area contributed by atoms with Crippen molar-refractivity contribution >= 4 is 28.8 Å². The van der Waals surface area contributed by atoms with E-state index in [9.17, 15) is 14.0 Å². The number of hydrogen-bond acceptors (Lipinski definition) is 6. The first-order chi connectivity index (χ1) is 11.9. The Morgan fingerprint density at radius 1 is 1.48 bits per heavy atom. The van der Waals surface area contributed by atoms with Crippen molar-refractivity contribution < 1.29 is 14.0 Å². The number of aromatic nitrogens is 2. The smallest absolute Gasteiger partial charge is 0.254 e. The molecule has 6 nitrogen and oxygen atoms in total. The lowest BCUT2D eigenvalue weighted by atomic mass is 10.0. The molecule has 2 N–H and O–H groups in total. The molecule has 8 heteroatoms. The molecule has 0 spiro atoms. The summed E-state index contributed by atoms with van der Waals surface area (Å²) in [5.74, 6) is -0.746. The minimum absolute atomic E-state index is 0.000463. The number of halogens is 1. The topological polar surface area (TPSA) is 84.0 Å². The van der Waals surface area contributed by atoms with E-state index in [1.165, 1.54) is 18.3 Å². The number of pyridine rings is 1. The summed E-state index contributed by atoms with van der Waals surface area (Å²) in [6.07, 6.45) is 2.16. The van der Waals surface area contributed by atoms with E-state index in [-0.39, 0.29) is 41.1 Å². The van der Waals surface area contributed by atoms with Gasteiger partial charge >= 0.3 is 0 Å². The fourth-order valence-electron chi connectivity index (χ4n) is 2.85. The maximum atomic E-state index is 14.9. The zero-order chi connectivity index (χ0) is 18.1. The average Bonchev–Trinajstić information content (AvgIpc) is 3.19. The Morgan fingerprint density at radius 2 is 2.24 bits per heavy atom. The van der Waals surface area contributed by atoms with E-state index in [4.69, 9.17) is 0 Å². The number of thiazole rings is 1. The predicted octanol–water partition coefficient (Wildman–Crippen LogP) is 3.00. The first-order valence-electron chi connectivity index (χ1n) is 8.04. The maximum absolute atomic E-state index is 14.9. The molecular weight excluding hydrogens is 343 g/mol. The number of nitrogens with zero attached hydrogens (tertiary/aromatic N) is 2. The first kappa shape index (κ1) is 17.5. The van der Waals surface area contributed by atoms with Gasteiger partial charge < -0.3 is 10.6 Å². The molecule has 132 valence electrons. The number of hydrogen-bond donors (Lipinski definition) is 2. The summed E-state index contributed by atoms with van der Waals surface area (Å²) in [6, 6.07) is -0.528. The van der Waals surface area contributed by atoms with Crippen molar-refractivity contribution in [2.24, 2.45) is 5.92 Å². The van der Waals surface area contributed by atoms with Gasteiger partial charge in [-0.1, -0.05) is 13.8 Å². The van der Waals surface area contributed by atoms with Gasteiger partial charge in [0.2, 0.25) is 0 Å². The Labute approximate surface area is 148 Å². The van der Waals surface area contributed by atoms with Gasteiger partial charge in [-0.2, -0.15) is 0 Å². The quantitative estimate of drug-likeness (QED) is 0.825. The summed E-state index contributed by atoms with van der Waals surface area (Å²) in [5.41, 5.74) is 2.54. The molecule has 1 aliphatic rings. The number of fused-ring (bicyclic) bond motifs is 1. The van der Waals surface area contributed by atoms with E-state index < -0.39 is 11.9 Å². The lowest BCUT2D eigenvalue weighted by molar-refractivity contribution is -0.118. The second-order valence-corrected chi connectivity index (χ2v) is 7.35. The zero-order valence-corrected chi connectivity index (χ0v) is 15.0. The lowest BCUT2D eigenvalue weighted by Crippen LogP contribution is -2.30. The number of rotatable bonds is 6. The first-order valence-corrected chi connectivity index (χ1v) is 8.92. The molecule has 2 aromatic rings. The van der Waals surface area contributed by atoms with E-state index in [1.54, 1.807) is 11.7 Å². The van der Waals surface area contributed by atoms with Gasteiger partial charge in [-0.3, -0.25) is 14.6 Å². The number of amides is 1. The van der Waals surface area contributed by atoms with E-state index in [1.807, 2.05) is 13.8 Å². The van der Waals surface area contributed by atoms with Crippen molar-refractivity contribution in [1.29, 1.82) is 0 Å². The minimum atomic E-state index is -0.586. The molecule has 0 saturated carbocycles. The van der Waals surface area contributed by atoms with E-state index in [2.05, 4.69) is 20.6 Å². The van der Waals surface area contributed by atoms with Gasteiger partial charge in [0.25, 0.3) is 5.91 Å². The highest BCUT2D eigenvalue weighted by atomic mass is 32.1. The maximum Gasteiger partial charge on any atom is 0.254 e. The van der Waals surface area contributed by atoms with Crippen LogP contribution in [0.5, 0.6) is 0 Å². The standard InChI is InChI=1S/C17H19FN4O2S/c1-8(2)4-11(9(3)23)21-16-14(18)10-5-20-17(24)13(10)15(22-16)12-6-19-7-25-12/h6-8,11H,4-5H2,1-3H3,(H,20,24)(H,21,22). The monoisotopic (exact) mass is 362 g/mol. The third-order valence-corrected chi connectivity index (χ3v) is 4.84. The highest BCUT2D eigenvalue weighted by Crippen LogP contribution is 2.34. The number of ketones is 1. The minimum Gasteiger partial charge on any atom is -0.358 e. The largest absolute Gasteiger partial charge is 0.358 e. The fourth-order valence-corrected chi connectivity index (χ4v) is 3.47. The summed E-state index contributed by atoms with van der Waals surface area (Å²) in [5, 5.41) is 5.57. The van der Waals surface area contributed by atoms with Gasteiger partial charge in [-0.05, 0) is 19.3 Å². The van der Waals surface area contributed by atoms with Crippen molar-refractivity contribution in [3.63, 3.8) is 0 Å². The molecule has 0 saturated heterocycles. The van der Waals surface area contributed by atoms with Crippen LogP contribution in [0, 0.1) is 11.7 Å². The van der Waals surface area contributed by atoms with Crippen LogP contribution in [0.15, 0.2) is 11.7 Å². The van der Waals surface area contributed by atoms with Crippen LogP contribution in [-0.2, 0) is 11.3 Å². The zero-order valence-electron chi connectivity index (χ0n) is 14.2. The summed E-state index contributed by atoms with van der Waals surface area (Å²) in [6.45, 7) is 5.57. The van der Waals surface area contributed by atoms with Gasteiger partial charge in [0.05, 0.1) is 27.7 Å². The molecule has 0 bridgehead atoms. The average molecular weight is 362 g/mol. The van der Waals surface area contributed by atoms with Crippen LogP contribution >= 0.6 is 11.3 Å². The number of carbonyl (C=O) groups is 2. The van der Waals surface area contributed by atoms with Crippen LogP contribution in [0.4, 0.5) is 10.2 Å². The van der Waals surface area contributed by atoms with Gasteiger partial charge in [0.1, 0.15) is 0 Å². The van der Waals surface area contributed by atoms with Gasteiger partial charge in [-0.25, -0.2) is 9.37 Å². The number of nitrogens with one attached hydrogen (secondary N) is 2. The fraction of sp³-hybridized carbons (Fsp3) is 0.412. The molecule has 25 heavy (non-hydrogen) atoms. The van der Waals surface area contributed by atoms with E-state index in [0.717, 1.165) is 0 Å². The van der Waals surface area contributed by atoms with Crippen molar-refractivity contribution in [1.82, 2.24) is 15.3 Å². The van der Waals surface area contributed by atoms with Crippen LogP contribution < -0.4 is 10.6 Å². The van der Waals surface area contributed by atoms with Crippen LogP contribution in [-0.4, -0.2) is 27.7 Å².